The third-order valence-electron chi connectivity index (χ3n) is 3.22. The number of rotatable bonds is 5. The maximum Gasteiger partial charge on any atom is 0.286 e. The lowest BCUT2D eigenvalue weighted by molar-refractivity contribution is -0.113. The van der Waals surface area contributed by atoms with Crippen molar-refractivity contribution in [3.63, 3.8) is 0 Å². The van der Waals surface area contributed by atoms with E-state index in [0.29, 0.717) is 4.91 Å². The minimum absolute atomic E-state index is 0.189. The SMILES string of the molecule is NC1=NC(=O)/C(=C/c2ccc3nccc(SCCCO)c3c2)S1. The Labute approximate surface area is 142 Å². The van der Waals surface area contributed by atoms with E-state index in [9.17, 15) is 4.79 Å². The van der Waals surface area contributed by atoms with Crippen molar-refractivity contribution < 1.29 is 9.90 Å². The van der Waals surface area contributed by atoms with Crippen LogP contribution in [0.5, 0.6) is 0 Å². The number of hydrogen-bond donors (Lipinski definition) is 2. The van der Waals surface area contributed by atoms with Gasteiger partial charge in [0.25, 0.3) is 5.91 Å². The molecule has 1 aromatic carbocycles. The molecule has 0 fully saturated rings. The van der Waals surface area contributed by atoms with Gasteiger partial charge >= 0.3 is 0 Å². The van der Waals surface area contributed by atoms with Gasteiger partial charge in [0.1, 0.15) is 0 Å². The smallest absolute Gasteiger partial charge is 0.286 e. The molecule has 118 valence electrons. The Balaban J connectivity index is 1.93. The Morgan fingerprint density at radius 3 is 2.96 bits per heavy atom. The van der Waals surface area contributed by atoms with E-state index in [1.807, 2.05) is 24.3 Å². The fourth-order valence-electron chi connectivity index (χ4n) is 2.18. The zero-order valence-corrected chi connectivity index (χ0v) is 13.9. The van der Waals surface area contributed by atoms with Crippen LogP contribution < -0.4 is 5.73 Å². The fraction of sp³-hybridized carbons (Fsp3) is 0.188. The number of benzene rings is 1. The van der Waals surface area contributed by atoms with E-state index < -0.39 is 0 Å². The Kier molecular flexibility index (Phi) is 5.00. The van der Waals surface area contributed by atoms with Crippen LogP contribution in [0.1, 0.15) is 12.0 Å². The van der Waals surface area contributed by atoms with Crippen LogP contribution in [-0.4, -0.2) is 33.5 Å². The number of hydrogen-bond acceptors (Lipinski definition) is 6. The topological polar surface area (TPSA) is 88.6 Å². The highest BCUT2D eigenvalue weighted by molar-refractivity contribution is 8.18. The number of nitrogens with two attached hydrogens (primary N) is 1. The summed E-state index contributed by atoms with van der Waals surface area (Å²) < 4.78 is 0. The first kappa shape index (κ1) is 16.0. The van der Waals surface area contributed by atoms with Crippen molar-refractivity contribution >= 4 is 51.6 Å². The average Bonchev–Trinajstić information content (AvgIpc) is 2.85. The highest BCUT2D eigenvalue weighted by Gasteiger charge is 2.19. The Morgan fingerprint density at radius 2 is 2.22 bits per heavy atom. The highest BCUT2D eigenvalue weighted by atomic mass is 32.2. The Bertz CT molecular complexity index is 818. The lowest BCUT2D eigenvalue weighted by Crippen LogP contribution is -2.01. The number of amidine groups is 1. The summed E-state index contributed by atoms with van der Waals surface area (Å²) in [6.45, 7) is 0.189. The molecule has 0 spiro atoms. The largest absolute Gasteiger partial charge is 0.396 e. The Hall–Kier alpha value is -1.83. The highest BCUT2D eigenvalue weighted by Crippen LogP contribution is 2.30. The van der Waals surface area contributed by atoms with Crippen LogP contribution in [0, 0.1) is 0 Å². The average molecular weight is 345 g/mol. The summed E-state index contributed by atoms with van der Waals surface area (Å²) in [7, 11) is 0. The molecule has 2 aromatic rings. The van der Waals surface area contributed by atoms with Crippen molar-refractivity contribution in [2.75, 3.05) is 12.4 Å². The predicted octanol–water partition coefficient (Wildman–Crippen LogP) is 2.64. The molecule has 0 radical (unpaired) electrons. The van der Waals surface area contributed by atoms with E-state index in [4.69, 9.17) is 10.8 Å². The van der Waals surface area contributed by atoms with Crippen molar-refractivity contribution in [2.45, 2.75) is 11.3 Å². The molecule has 2 heterocycles. The molecule has 0 unspecified atom stereocenters. The molecule has 1 amide bonds. The van der Waals surface area contributed by atoms with Crippen LogP contribution in [0.4, 0.5) is 0 Å². The number of nitrogens with zero attached hydrogens (tertiary/aromatic N) is 2. The maximum atomic E-state index is 11.7. The van der Waals surface area contributed by atoms with Crippen molar-refractivity contribution in [2.24, 2.45) is 10.7 Å². The summed E-state index contributed by atoms with van der Waals surface area (Å²) in [5, 5.41) is 10.2. The predicted molar refractivity (Wildman–Crippen MR) is 96.4 cm³/mol. The van der Waals surface area contributed by atoms with E-state index in [2.05, 4.69) is 9.98 Å². The second-order valence-electron chi connectivity index (χ2n) is 4.88. The first-order valence-corrected chi connectivity index (χ1v) is 8.88. The van der Waals surface area contributed by atoms with Crippen molar-refractivity contribution in [3.05, 3.63) is 40.9 Å². The number of amides is 1. The molecule has 0 bridgehead atoms. The van der Waals surface area contributed by atoms with Gasteiger partial charge in [-0.1, -0.05) is 6.07 Å². The number of aliphatic imine (C=N–C) groups is 1. The van der Waals surface area contributed by atoms with E-state index in [1.165, 1.54) is 11.8 Å². The van der Waals surface area contributed by atoms with Gasteiger partial charge in [-0.25, -0.2) is 0 Å². The molecule has 3 rings (SSSR count). The summed E-state index contributed by atoms with van der Waals surface area (Å²) >= 11 is 2.88. The summed E-state index contributed by atoms with van der Waals surface area (Å²) in [4.78, 5) is 21.4. The van der Waals surface area contributed by atoms with E-state index in [-0.39, 0.29) is 17.7 Å². The molecule has 0 aliphatic carbocycles. The van der Waals surface area contributed by atoms with Gasteiger partial charge in [0.2, 0.25) is 0 Å². The molecule has 5 nitrogen and oxygen atoms in total. The molecule has 1 aromatic heterocycles. The minimum Gasteiger partial charge on any atom is -0.396 e. The number of carbonyl (C=O) groups excluding carboxylic acids is 1. The standard InChI is InChI=1S/C16H15N3O2S2/c17-16-19-15(21)14(23-16)9-10-2-3-12-11(8-10)13(4-5-18-12)22-7-1-6-20/h2-5,8-9,20H,1,6-7H2,(H2,17,19,21)/b14-9-. The van der Waals surface area contributed by atoms with Crippen LogP contribution >= 0.6 is 23.5 Å². The van der Waals surface area contributed by atoms with Gasteiger partial charge in [-0.05, 0) is 48.0 Å². The van der Waals surface area contributed by atoms with Gasteiger partial charge < -0.3 is 10.8 Å². The molecular weight excluding hydrogens is 330 g/mol. The van der Waals surface area contributed by atoms with Crippen LogP contribution in [0.3, 0.4) is 0 Å². The normalized spacial score (nSPS) is 16.3. The van der Waals surface area contributed by atoms with Crippen molar-refractivity contribution in [3.8, 4) is 0 Å². The zero-order chi connectivity index (χ0) is 16.2. The fourth-order valence-corrected chi connectivity index (χ4v) is 3.83. The molecule has 0 saturated carbocycles. The first-order chi connectivity index (χ1) is 11.2. The second kappa shape index (κ2) is 7.16. The zero-order valence-electron chi connectivity index (χ0n) is 12.2. The molecule has 0 atom stereocenters. The molecule has 7 heteroatoms. The molecular formula is C16H15N3O2S2. The van der Waals surface area contributed by atoms with Crippen LogP contribution in [0.2, 0.25) is 0 Å². The number of aliphatic hydroxyl groups is 1. The summed E-state index contributed by atoms with van der Waals surface area (Å²) in [5.74, 6) is 0.552. The number of aromatic nitrogens is 1. The Morgan fingerprint density at radius 1 is 1.35 bits per heavy atom. The van der Waals surface area contributed by atoms with Gasteiger partial charge in [0.05, 0.1) is 10.4 Å². The molecule has 3 N–H and O–H groups in total. The molecule has 1 aliphatic rings. The summed E-state index contributed by atoms with van der Waals surface area (Å²) in [6, 6.07) is 7.84. The summed E-state index contributed by atoms with van der Waals surface area (Å²) in [6.07, 6.45) is 4.33. The van der Waals surface area contributed by atoms with Gasteiger partial charge in [-0.2, -0.15) is 4.99 Å². The van der Waals surface area contributed by atoms with Crippen LogP contribution in [-0.2, 0) is 4.79 Å². The second-order valence-corrected chi connectivity index (χ2v) is 7.08. The van der Waals surface area contributed by atoms with E-state index in [1.54, 1.807) is 24.0 Å². The monoisotopic (exact) mass is 345 g/mol. The van der Waals surface area contributed by atoms with Crippen molar-refractivity contribution in [1.29, 1.82) is 0 Å². The molecule has 23 heavy (non-hydrogen) atoms. The van der Waals surface area contributed by atoms with Crippen LogP contribution in [0.15, 0.2) is 45.3 Å². The summed E-state index contributed by atoms with van der Waals surface area (Å²) in [5.41, 5.74) is 7.39. The quantitative estimate of drug-likeness (QED) is 0.492. The third kappa shape index (κ3) is 3.74. The number of carbonyl (C=O) groups is 1. The maximum absolute atomic E-state index is 11.7. The molecule has 0 saturated heterocycles. The number of pyridine rings is 1. The van der Waals surface area contributed by atoms with Crippen LogP contribution in [0.25, 0.3) is 17.0 Å². The minimum atomic E-state index is -0.295. The molecule has 1 aliphatic heterocycles. The third-order valence-corrected chi connectivity index (χ3v) is 5.19. The van der Waals surface area contributed by atoms with E-state index in [0.717, 1.165) is 33.5 Å². The van der Waals surface area contributed by atoms with Gasteiger partial charge in [0, 0.05) is 28.8 Å². The lowest BCUT2D eigenvalue weighted by Gasteiger charge is -2.06. The first-order valence-electron chi connectivity index (χ1n) is 7.08. The number of fused-ring (bicyclic) bond motifs is 1. The lowest BCUT2D eigenvalue weighted by atomic mass is 10.1. The van der Waals surface area contributed by atoms with E-state index >= 15 is 0 Å². The van der Waals surface area contributed by atoms with Gasteiger partial charge in [0.15, 0.2) is 5.17 Å². The van der Waals surface area contributed by atoms with Gasteiger partial charge in [-0.3, -0.25) is 9.78 Å². The van der Waals surface area contributed by atoms with Gasteiger partial charge in [-0.15, -0.1) is 11.8 Å². The number of aliphatic hydroxyl groups excluding tert-OH is 1. The number of thioether (sulfide) groups is 2. The van der Waals surface area contributed by atoms with Crippen molar-refractivity contribution in [1.82, 2.24) is 4.98 Å².